The van der Waals surface area contributed by atoms with E-state index in [2.05, 4.69) is 0 Å². The molecular weight excluding hydrogens is 214 g/mol. The van der Waals surface area contributed by atoms with Crippen LogP contribution in [0.2, 0.25) is 5.02 Å². The third-order valence-electron chi connectivity index (χ3n) is 1.87. The highest BCUT2D eigenvalue weighted by atomic mass is 35.5. The summed E-state index contributed by atoms with van der Waals surface area (Å²) in [7, 11) is 3.79. The van der Waals surface area contributed by atoms with Crippen LogP contribution in [0.25, 0.3) is 6.08 Å². The van der Waals surface area contributed by atoms with Crippen molar-refractivity contribution in [1.29, 1.82) is 0 Å². The summed E-state index contributed by atoms with van der Waals surface area (Å²) in [5.74, 6) is -0.970. The van der Waals surface area contributed by atoms with Crippen molar-refractivity contribution in [2.45, 2.75) is 0 Å². The fourth-order valence-corrected chi connectivity index (χ4v) is 1.52. The van der Waals surface area contributed by atoms with E-state index in [1.807, 2.05) is 31.1 Å². The number of benzene rings is 1. The topological polar surface area (TPSA) is 40.5 Å². The van der Waals surface area contributed by atoms with Crippen LogP contribution >= 0.6 is 11.6 Å². The van der Waals surface area contributed by atoms with Crippen molar-refractivity contribution in [3.05, 3.63) is 34.9 Å². The smallest absolute Gasteiger partial charge is 0.328 e. The van der Waals surface area contributed by atoms with Crippen molar-refractivity contribution in [2.75, 3.05) is 19.0 Å². The number of halogens is 1. The highest BCUT2D eigenvalue weighted by Crippen LogP contribution is 2.25. The van der Waals surface area contributed by atoms with Crippen LogP contribution in [0.4, 0.5) is 5.69 Å². The van der Waals surface area contributed by atoms with Crippen molar-refractivity contribution in [2.24, 2.45) is 0 Å². The van der Waals surface area contributed by atoms with Gasteiger partial charge in [0.25, 0.3) is 0 Å². The lowest BCUT2D eigenvalue weighted by Crippen LogP contribution is -2.08. The number of carboxylic acid groups (broad SMARTS) is 1. The average molecular weight is 226 g/mol. The number of rotatable bonds is 3. The molecule has 0 fully saturated rings. The van der Waals surface area contributed by atoms with E-state index in [9.17, 15) is 4.79 Å². The van der Waals surface area contributed by atoms with Crippen LogP contribution in [0.5, 0.6) is 0 Å². The lowest BCUT2D eigenvalue weighted by atomic mass is 10.2. The van der Waals surface area contributed by atoms with Gasteiger partial charge < -0.3 is 10.0 Å². The van der Waals surface area contributed by atoms with Crippen LogP contribution in [-0.2, 0) is 4.79 Å². The van der Waals surface area contributed by atoms with Gasteiger partial charge in [-0.3, -0.25) is 0 Å². The highest BCUT2D eigenvalue weighted by molar-refractivity contribution is 6.33. The number of carbonyl (C=O) groups is 1. The predicted molar refractivity (Wildman–Crippen MR) is 62.4 cm³/mol. The average Bonchev–Trinajstić information content (AvgIpc) is 2.14. The summed E-state index contributed by atoms with van der Waals surface area (Å²) in [5, 5.41) is 9.06. The molecule has 15 heavy (non-hydrogen) atoms. The van der Waals surface area contributed by atoms with Crippen LogP contribution in [0.1, 0.15) is 5.56 Å². The van der Waals surface area contributed by atoms with Crippen molar-refractivity contribution in [3.63, 3.8) is 0 Å². The minimum atomic E-state index is -0.970. The molecule has 0 atom stereocenters. The Morgan fingerprint density at radius 3 is 2.60 bits per heavy atom. The summed E-state index contributed by atoms with van der Waals surface area (Å²) in [5.41, 5.74) is 1.68. The lowest BCUT2D eigenvalue weighted by Gasteiger charge is -2.14. The number of hydrogen-bond donors (Lipinski definition) is 1. The van der Waals surface area contributed by atoms with Gasteiger partial charge in [-0.15, -0.1) is 0 Å². The molecule has 0 bridgehead atoms. The quantitative estimate of drug-likeness (QED) is 0.804. The molecule has 4 heteroatoms. The van der Waals surface area contributed by atoms with Crippen LogP contribution in [0.3, 0.4) is 0 Å². The van der Waals surface area contributed by atoms with Gasteiger partial charge in [0.15, 0.2) is 0 Å². The van der Waals surface area contributed by atoms with E-state index in [4.69, 9.17) is 16.7 Å². The molecule has 1 N–H and O–H groups in total. The Hall–Kier alpha value is -1.48. The minimum Gasteiger partial charge on any atom is -0.478 e. The normalized spacial score (nSPS) is 10.6. The van der Waals surface area contributed by atoms with Crippen molar-refractivity contribution < 1.29 is 9.90 Å². The third-order valence-corrected chi connectivity index (χ3v) is 2.17. The molecule has 0 amide bonds. The van der Waals surface area contributed by atoms with E-state index in [0.29, 0.717) is 5.02 Å². The molecule has 3 nitrogen and oxygen atoms in total. The molecule has 80 valence electrons. The van der Waals surface area contributed by atoms with Crippen LogP contribution < -0.4 is 4.90 Å². The fourth-order valence-electron chi connectivity index (χ4n) is 1.16. The van der Waals surface area contributed by atoms with Gasteiger partial charge >= 0.3 is 5.97 Å². The lowest BCUT2D eigenvalue weighted by molar-refractivity contribution is -0.131. The Morgan fingerprint density at radius 2 is 2.13 bits per heavy atom. The van der Waals surface area contributed by atoms with Crippen molar-refractivity contribution in [1.82, 2.24) is 0 Å². The SMILES string of the molecule is CN(C)c1ccc(/C=C/C(=O)O)cc1Cl. The van der Waals surface area contributed by atoms with Crippen LogP contribution in [0, 0.1) is 0 Å². The zero-order chi connectivity index (χ0) is 11.4. The molecule has 1 rings (SSSR count). The van der Waals surface area contributed by atoms with E-state index in [1.54, 1.807) is 6.07 Å². The minimum absolute atomic E-state index is 0.604. The second-order valence-electron chi connectivity index (χ2n) is 3.28. The Labute approximate surface area is 93.6 Å². The number of aliphatic carboxylic acids is 1. The van der Waals surface area contributed by atoms with Gasteiger partial charge in [-0.2, -0.15) is 0 Å². The molecule has 1 aromatic carbocycles. The van der Waals surface area contributed by atoms with E-state index < -0.39 is 5.97 Å². The molecule has 0 saturated heterocycles. The molecule has 0 aliphatic rings. The van der Waals surface area contributed by atoms with E-state index in [0.717, 1.165) is 17.3 Å². The molecule has 0 spiro atoms. The molecule has 0 saturated carbocycles. The Morgan fingerprint density at radius 1 is 1.47 bits per heavy atom. The van der Waals surface area contributed by atoms with Gasteiger partial charge in [0.05, 0.1) is 10.7 Å². The Bertz CT molecular complexity index is 400. The zero-order valence-electron chi connectivity index (χ0n) is 8.57. The van der Waals surface area contributed by atoms with Gasteiger partial charge in [-0.25, -0.2) is 4.79 Å². The van der Waals surface area contributed by atoms with Crippen LogP contribution in [0.15, 0.2) is 24.3 Å². The first-order chi connectivity index (χ1) is 7.00. The summed E-state index contributed by atoms with van der Waals surface area (Å²) >= 11 is 6.02. The van der Waals surface area contributed by atoms with Gasteiger partial charge in [-0.05, 0) is 23.8 Å². The predicted octanol–water partition coefficient (Wildman–Crippen LogP) is 2.50. The number of carboxylic acids is 1. The molecule has 0 aromatic heterocycles. The number of nitrogens with zero attached hydrogens (tertiary/aromatic N) is 1. The molecule has 0 unspecified atom stereocenters. The monoisotopic (exact) mass is 225 g/mol. The molecule has 0 heterocycles. The maximum Gasteiger partial charge on any atom is 0.328 e. The van der Waals surface area contributed by atoms with Gasteiger partial charge in [-0.1, -0.05) is 17.7 Å². The van der Waals surface area contributed by atoms with Gasteiger partial charge in [0, 0.05) is 20.2 Å². The molecule has 0 aliphatic carbocycles. The summed E-state index contributed by atoms with van der Waals surface area (Å²) in [6, 6.07) is 5.40. The standard InChI is InChI=1S/C11H12ClNO2/c1-13(2)10-5-3-8(7-9(10)12)4-6-11(14)15/h3-7H,1-2H3,(H,14,15)/b6-4+. The van der Waals surface area contributed by atoms with E-state index in [1.165, 1.54) is 6.08 Å². The first-order valence-electron chi connectivity index (χ1n) is 4.38. The zero-order valence-corrected chi connectivity index (χ0v) is 9.32. The largest absolute Gasteiger partial charge is 0.478 e. The summed E-state index contributed by atoms with van der Waals surface area (Å²) < 4.78 is 0. The Kier molecular flexibility index (Phi) is 3.74. The second kappa shape index (κ2) is 4.84. The second-order valence-corrected chi connectivity index (χ2v) is 3.68. The summed E-state index contributed by atoms with van der Waals surface area (Å²) in [6.07, 6.45) is 2.59. The molecular formula is C11H12ClNO2. The number of hydrogen-bond acceptors (Lipinski definition) is 2. The molecule has 0 radical (unpaired) electrons. The molecule has 0 aliphatic heterocycles. The highest BCUT2D eigenvalue weighted by Gasteiger charge is 2.02. The van der Waals surface area contributed by atoms with E-state index >= 15 is 0 Å². The fraction of sp³-hybridized carbons (Fsp3) is 0.182. The van der Waals surface area contributed by atoms with Crippen LogP contribution in [-0.4, -0.2) is 25.2 Å². The maximum absolute atomic E-state index is 10.3. The van der Waals surface area contributed by atoms with Gasteiger partial charge in [0.1, 0.15) is 0 Å². The van der Waals surface area contributed by atoms with E-state index in [-0.39, 0.29) is 0 Å². The first-order valence-corrected chi connectivity index (χ1v) is 4.76. The Balaban J connectivity index is 2.96. The third kappa shape index (κ3) is 3.29. The summed E-state index contributed by atoms with van der Waals surface area (Å²) in [6.45, 7) is 0. The van der Waals surface area contributed by atoms with Gasteiger partial charge in [0.2, 0.25) is 0 Å². The van der Waals surface area contributed by atoms with Crippen molar-refractivity contribution >= 4 is 29.3 Å². The first kappa shape index (κ1) is 11.6. The number of anilines is 1. The maximum atomic E-state index is 10.3. The van der Waals surface area contributed by atoms with Crippen molar-refractivity contribution in [3.8, 4) is 0 Å². The summed E-state index contributed by atoms with van der Waals surface area (Å²) in [4.78, 5) is 12.2. The molecule has 1 aromatic rings.